The number of hydrogen-bond acceptors (Lipinski definition) is 2. The van der Waals surface area contributed by atoms with Crippen LogP contribution in [-0.2, 0) is 0 Å². The first-order chi connectivity index (χ1) is 9.34. The molecule has 1 fully saturated rings. The van der Waals surface area contributed by atoms with Gasteiger partial charge in [-0.25, -0.2) is 4.39 Å². The fourth-order valence-electron chi connectivity index (χ4n) is 2.82. The Kier molecular flexibility index (Phi) is 3.80. The minimum Gasteiger partial charge on any atom is -0.335 e. The highest BCUT2D eigenvalue weighted by molar-refractivity contribution is 5.95. The van der Waals surface area contributed by atoms with Gasteiger partial charge in [0, 0.05) is 18.2 Å². The molecule has 3 nitrogen and oxygen atoms in total. The van der Waals surface area contributed by atoms with Gasteiger partial charge < -0.3 is 4.90 Å². The number of halogens is 1. The zero-order valence-electron chi connectivity index (χ0n) is 12.1. The molecule has 1 aromatic rings. The third-order valence-electron chi connectivity index (χ3n) is 3.85. The van der Waals surface area contributed by atoms with E-state index in [1.54, 1.807) is 6.07 Å². The number of amides is 1. The number of hydrogen-bond donors (Lipinski definition) is 0. The van der Waals surface area contributed by atoms with E-state index in [4.69, 9.17) is 5.26 Å². The van der Waals surface area contributed by atoms with E-state index >= 15 is 0 Å². The summed E-state index contributed by atoms with van der Waals surface area (Å²) in [5, 5.41) is 8.86. The van der Waals surface area contributed by atoms with Crippen molar-refractivity contribution in [2.24, 2.45) is 5.41 Å². The zero-order valence-corrected chi connectivity index (χ0v) is 12.1. The minimum absolute atomic E-state index is 0.0181. The molecule has 0 aliphatic carbocycles. The van der Waals surface area contributed by atoms with E-state index in [1.807, 2.05) is 4.90 Å². The highest BCUT2D eigenvalue weighted by Gasteiger charge is 2.37. The fourth-order valence-corrected chi connectivity index (χ4v) is 2.82. The molecule has 1 amide bonds. The van der Waals surface area contributed by atoms with E-state index in [9.17, 15) is 9.18 Å². The van der Waals surface area contributed by atoms with Gasteiger partial charge in [-0.3, -0.25) is 4.79 Å². The van der Waals surface area contributed by atoms with Crippen molar-refractivity contribution in [3.63, 3.8) is 0 Å². The van der Waals surface area contributed by atoms with E-state index in [-0.39, 0.29) is 22.9 Å². The van der Waals surface area contributed by atoms with Gasteiger partial charge in [0.15, 0.2) is 0 Å². The molecule has 0 saturated carbocycles. The smallest absolute Gasteiger partial charge is 0.254 e. The molecule has 1 unspecified atom stereocenters. The van der Waals surface area contributed by atoms with Crippen molar-refractivity contribution in [3.8, 4) is 6.07 Å². The SMILES string of the molecule is CC(C)(C)C1CCCN1C(=O)c1ccc(F)c(C#N)c1. The average molecular weight is 274 g/mol. The molecule has 0 spiro atoms. The molecule has 1 aliphatic rings. The van der Waals surface area contributed by atoms with E-state index in [1.165, 1.54) is 18.2 Å². The predicted octanol–water partition coefficient (Wildman–Crippen LogP) is 3.35. The van der Waals surface area contributed by atoms with Gasteiger partial charge >= 0.3 is 0 Å². The Morgan fingerprint density at radius 1 is 1.45 bits per heavy atom. The quantitative estimate of drug-likeness (QED) is 0.788. The summed E-state index contributed by atoms with van der Waals surface area (Å²) < 4.78 is 13.3. The van der Waals surface area contributed by atoms with Crippen molar-refractivity contribution in [1.29, 1.82) is 5.26 Å². The largest absolute Gasteiger partial charge is 0.335 e. The summed E-state index contributed by atoms with van der Waals surface area (Å²) in [5.74, 6) is -0.697. The molecule has 0 bridgehead atoms. The Hall–Kier alpha value is -1.89. The van der Waals surface area contributed by atoms with Crippen LogP contribution in [0.4, 0.5) is 4.39 Å². The Labute approximate surface area is 119 Å². The molecule has 1 heterocycles. The summed E-state index contributed by atoms with van der Waals surface area (Å²) in [6, 6.07) is 5.95. The van der Waals surface area contributed by atoms with Gasteiger partial charge in [0.1, 0.15) is 11.9 Å². The third-order valence-corrected chi connectivity index (χ3v) is 3.85. The lowest BCUT2D eigenvalue weighted by Crippen LogP contribution is -2.43. The maximum Gasteiger partial charge on any atom is 0.254 e. The number of carbonyl (C=O) groups is 1. The lowest BCUT2D eigenvalue weighted by atomic mass is 9.85. The molecule has 1 aromatic carbocycles. The molecule has 0 aromatic heterocycles. The standard InChI is InChI=1S/C16H19FN2O/c1-16(2,3)14-5-4-8-19(14)15(20)11-6-7-13(17)12(9-11)10-18/h6-7,9,14H,4-5,8H2,1-3H3. The Balaban J connectivity index is 2.30. The van der Waals surface area contributed by atoms with Gasteiger partial charge in [0.05, 0.1) is 5.56 Å². The van der Waals surface area contributed by atoms with Crippen molar-refractivity contribution in [2.45, 2.75) is 39.7 Å². The predicted molar refractivity (Wildman–Crippen MR) is 74.6 cm³/mol. The normalized spacial score (nSPS) is 18.9. The lowest BCUT2D eigenvalue weighted by Gasteiger charge is -2.35. The van der Waals surface area contributed by atoms with E-state index in [0.717, 1.165) is 19.4 Å². The summed E-state index contributed by atoms with van der Waals surface area (Å²) in [7, 11) is 0. The molecule has 0 radical (unpaired) electrons. The lowest BCUT2D eigenvalue weighted by molar-refractivity contribution is 0.0626. The summed E-state index contributed by atoms with van der Waals surface area (Å²) in [6.07, 6.45) is 1.97. The Morgan fingerprint density at radius 2 is 2.15 bits per heavy atom. The molecule has 0 N–H and O–H groups in total. The number of nitriles is 1. The van der Waals surface area contributed by atoms with Crippen LogP contribution < -0.4 is 0 Å². The van der Waals surface area contributed by atoms with Gasteiger partial charge in [-0.05, 0) is 36.5 Å². The van der Waals surface area contributed by atoms with Gasteiger partial charge in [-0.15, -0.1) is 0 Å². The Bertz CT molecular complexity index is 569. The average Bonchev–Trinajstić information content (AvgIpc) is 2.87. The van der Waals surface area contributed by atoms with Crippen LogP contribution >= 0.6 is 0 Å². The van der Waals surface area contributed by atoms with Crippen molar-refractivity contribution in [3.05, 3.63) is 35.1 Å². The minimum atomic E-state index is -0.585. The van der Waals surface area contributed by atoms with Crippen LogP contribution in [-0.4, -0.2) is 23.4 Å². The van der Waals surface area contributed by atoms with Gasteiger partial charge in [-0.2, -0.15) is 5.26 Å². The monoisotopic (exact) mass is 274 g/mol. The van der Waals surface area contributed by atoms with Crippen LogP contribution in [0.5, 0.6) is 0 Å². The molecule has 1 atom stereocenters. The zero-order chi connectivity index (χ0) is 14.9. The molecule has 1 aliphatic heterocycles. The highest BCUT2D eigenvalue weighted by atomic mass is 19.1. The number of carbonyl (C=O) groups excluding carboxylic acids is 1. The van der Waals surface area contributed by atoms with Crippen LogP contribution in [0.2, 0.25) is 0 Å². The van der Waals surface area contributed by atoms with Gasteiger partial charge in [0.25, 0.3) is 5.91 Å². The van der Waals surface area contributed by atoms with E-state index < -0.39 is 5.82 Å². The summed E-state index contributed by atoms with van der Waals surface area (Å²) in [4.78, 5) is 14.4. The van der Waals surface area contributed by atoms with Crippen molar-refractivity contribution >= 4 is 5.91 Å². The summed E-state index contributed by atoms with van der Waals surface area (Å²) in [5.41, 5.74) is 0.325. The van der Waals surface area contributed by atoms with Crippen LogP contribution in [0, 0.1) is 22.6 Å². The summed E-state index contributed by atoms with van der Waals surface area (Å²) >= 11 is 0. The summed E-state index contributed by atoms with van der Waals surface area (Å²) in [6.45, 7) is 7.08. The van der Waals surface area contributed by atoms with E-state index in [2.05, 4.69) is 20.8 Å². The number of likely N-dealkylation sites (tertiary alicyclic amines) is 1. The topological polar surface area (TPSA) is 44.1 Å². The third kappa shape index (κ3) is 2.67. The van der Waals surface area contributed by atoms with Crippen molar-refractivity contribution < 1.29 is 9.18 Å². The maximum atomic E-state index is 13.3. The Morgan fingerprint density at radius 3 is 2.75 bits per heavy atom. The van der Waals surface area contributed by atoms with Crippen LogP contribution in [0.25, 0.3) is 0 Å². The maximum absolute atomic E-state index is 13.3. The van der Waals surface area contributed by atoms with Crippen LogP contribution in [0.1, 0.15) is 49.5 Å². The second-order valence-electron chi connectivity index (χ2n) is 6.33. The molecule has 1 saturated heterocycles. The molecule has 20 heavy (non-hydrogen) atoms. The molecular weight excluding hydrogens is 255 g/mol. The van der Waals surface area contributed by atoms with Gasteiger partial charge in [-0.1, -0.05) is 20.8 Å². The number of rotatable bonds is 1. The van der Waals surface area contributed by atoms with Crippen LogP contribution in [0.15, 0.2) is 18.2 Å². The molecule has 4 heteroatoms. The second-order valence-corrected chi connectivity index (χ2v) is 6.33. The highest BCUT2D eigenvalue weighted by Crippen LogP contribution is 2.33. The van der Waals surface area contributed by atoms with Crippen molar-refractivity contribution in [1.82, 2.24) is 4.90 Å². The first-order valence-corrected chi connectivity index (χ1v) is 6.85. The number of benzene rings is 1. The van der Waals surface area contributed by atoms with E-state index in [0.29, 0.717) is 5.56 Å². The first-order valence-electron chi connectivity index (χ1n) is 6.85. The van der Waals surface area contributed by atoms with Gasteiger partial charge in [0.2, 0.25) is 0 Å². The number of nitrogens with zero attached hydrogens (tertiary/aromatic N) is 2. The molecule has 106 valence electrons. The van der Waals surface area contributed by atoms with Crippen LogP contribution in [0.3, 0.4) is 0 Å². The first kappa shape index (κ1) is 14.5. The second kappa shape index (κ2) is 5.24. The fraction of sp³-hybridized carbons (Fsp3) is 0.500. The van der Waals surface area contributed by atoms with Crippen molar-refractivity contribution in [2.75, 3.05) is 6.54 Å². The molecule has 2 rings (SSSR count). The molecular formula is C16H19FN2O.